The number of anilines is 2. The average molecular weight is 336 g/mol. The predicted molar refractivity (Wildman–Crippen MR) is 98.6 cm³/mol. The maximum atomic E-state index is 5.77. The van der Waals surface area contributed by atoms with Crippen molar-refractivity contribution < 1.29 is 0 Å². The summed E-state index contributed by atoms with van der Waals surface area (Å²) in [5, 5.41) is 7.32. The molecule has 0 saturated heterocycles. The third-order valence-corrected chi connectivity index (χ3v) is 4.27. The summed E-state index contributed by atoms with van der Waals surface area (Å²) in [4.78, 5) is 13.8. The molecule has 0 aliphatic carbocycles. The second-order valence-electron chi connectivity index (χ2n) is 6.25. The Morgan fingerprint density at radius 3 is 2.64 bits per heavy atom. The minimum Gasteiger partial charge on any atom is -0.371 e. The Kier molecular flexibility index (Phi) is 3.34. The van der Waals surface area contributed by atoms with Gasteiger partial charge in [-0.25, -0.2) is 14.5 Å². The van der Waals surface area contributed by atoms with Gasteiger partial charge in [0.25, 0.3) is 0 Å². The van der Waals surface area contributed by atoms with Gasteiger partial charge < -0.3 is 15.6 Å². The number of hydrogen-bond acceptors (Lipinski definition) is 6. The number of aryl methyl sites for hydroxylation is 1. The molecule has 0 atom stereocenters. The molecule has 0 aliphatic heterocycles. The molecule has 0 amide bonds. The normalized spacial score (nSPS) is 11.7. The number of nitrogens with zero attached hydrogens (tertiary/aromatic N) is 6. The van der Waals surface area contributed by atoms with Crippen LogP contribution in [0.5, 0.6) is 0 Å². The van der Waals surface area contributed by atoms with Gasteiger partial charge in [-0.05, 0) is 39.0 Å². The third kappa shape index (κ3) is 2.29. The summed E-state index contributed by atoms with van der Waals surface area (Å²) in [6.07, 6.45) is 1.86. The van der Waals surface area contributed by atoms with Crippen molar-refractivity contribution in [2.75, 3.05) is 18.1 Å². The maximum absolute atomic E-state index is 5.77. The Hall–Kier alpha value is -3.16. The number of nitrogens with one attached hydrogen (secondary N) is 1. The van der Waals surface area contributed by atoms with Gasteiger partial charge in [0, 0.05) is 24.8 Å². The first-order valence-electron chi connectivity index (χ1n) is 8.18. The van der Waals surface area contributed by atoms with Crippen molar-refractivity contribution in [3.8, 4) is 11.3 Å². The number of rotatable bonds is 3. The molecule has 0 fully saturated rings. The highest BCUT2D eigenvalue weighted by Gasteiger charge is 2.16. The van der Waals surface area contributed by atoms with Crippen LogP contribution in [0.1, 0.15) is 25.7 Å². The van der Waals surface area contributed by atoms with Crippen LogP contribution in [-0.2, 0) is 0 Å². The summed E-state index contributed by atoms with van der Waals surface area (Å²) in [7, 11) is 1.81. The zero-order valence-corrected chi connectivity index (χ0v) is 14.6. The first-order valence-corrected chi connectivity index (χ1v) is 8.18. The van der Waals surface area contributed by atoms with Crippen LogP contribution in [0.3, 0.4) is 0 Å². The molecule has 4 aromatic rings. The second kappa shape index (κ2) is 5.44. The topological polar surface area (TPSA) is 99.0 Å². The van der Waals surface area contributed by atoms with Crippen molar-refractivity contribution >= 4 is 28.4 Å². The van der Waals surface area contributed by atoms with Gasteiger partial charge in [0.2, 0.25) is 5.95 Å². The Labute approximate surface area is 144 Å². The van der Waals surface area contributed by atoms with E-state index >= 15 is 0 Å². The van der Waals surface area contributed by atoms with Crippen molar-refractivity contribution in [2.24, 2.45) is 0 Å². The summed E-state index contributed by atoms with van der Waals surface area (Å²) in [5.74, 6) is 1.85. The van der Waals surface area contributed by atoms with Crippen LogP contribution in [0.15, 0.2) is 24.4 Å². The van der Waals surface area contributed by atoms with E-state index in [0.29, 0.717) is 5.82 Å². The lowest BCUT2D eigenvalue weighted by Gasteiger charge is -2.11. The Morgan fingerprint density at radius 1 is 1.12 bits per heavy atom. The van der Waals surface area contributed by atoms with Crippen LogP contribution in [-0.4, -0.2) is 36.2 Å². The van der Waals surface area contributed by atoms with Gasteiger partial charge in [-0.1, -0.05) is 0 Å². The van der Waals surface area contributed by atoms with Crippen LogP contribution in [0.2, 0.25) is 0 Å². The zero-order valence-electron chi connectivity index (χ0n) is 14.6. The Bertz CT molecular complexity index is 1090. The van der Waals surface area contributed by atoms with Crippen LogP contribution in [0.4, 0.5) is 11.8 Å². The van der Waals surface area contributed by atoms with E-state index in [1.807, 2.05) is 38.4 Å². The minimum absolute atomic E-state index is 0.218. The molecule has 4 rings (SSSR count). The number of aromatic nitrogens is 6. The Balaban J connectivity index is 1.99. The van der Waals surface area contributed by atoms with Crippen LogP contribution in [0, 0.1) is 6.92 Å². The van der Waals surface area contributed by atoms with E-state index in [0.717, 1.165) is 33.8 Å². The molecule has 0 radical (unpaired) electrons. The molecular formula is C17H20N8. The van der Waals surface area contributed by atoms with Crippen LogP contribution < -0.4 is 11.1 Å². The SMILES string of the molecule is CNc1nc(N)nn2ccc(-c3ccc4nc(C)n(C(C)C)c4n3)c12. The number of fused-ring (bicyclic) bond motifs is 2. The first kappa shape index (κ1) is 15.4. The maximum Gasteiger partial charge on any atom is 0.240 e. The summed E-state index contributed by atoms with van der Waals surface area (Å²) in [5.41, 5.74) is 10.2. The van der Waals surface area contributed by atoms with Gasteiger partial charge in [0.1, 0.15) is 16.9 Å². The zero-order chi connectivity index (χ0) is 17.7. The molecule has 0 aromatic carbocycles. The largest absolute Gasteiger partial charge is 0.371 e. The lowest BCUT2D eigenvalue weighted by molar-refractivity contribution is 0.595. The van der Waals surface area contributed by atoms with E-state index in [9.17, 15) is 0 Å². The Morgan fingerprint density at radius 2 is 1.92 bits per heavy atom. The summed E-state index contributed by atoms with van der Waals surface area (Å²) in [6.45, 7) is 6.27. The molecule has 0 spiro atoms. The van der Waals surface area contributed by atoms with Crippen molar-refractivity contribution in [1.29, 1.82) is 0 Å². The highest BCUT2D eigenvalue weighted by molar-refractivity contribution is 5.89. The lowest BCUT2D eigenvalue weighted by atomic mass is 10.2. The summed E-state index contributed by atoms with van der Waals surface area (Å²) in [6, 6.07) is 6.24. The summed E-state index contributed by atoms with van der Waals surface area (Å²) < 4.78 is 3.87. The van der Waals surface area contributed by atoms with Gasteiger partial charge in [-0.2, -0.15) is 4.98 Å². The quantitative estimate of drug-likeness (QED) is 0.597. The molecular weight excluding hydrogens is 316 g/mol. The van der Waals surface area contributed by atoms with Gasteiger partial charge >= 0.3 is 0 Å². The minimum atomic E-state index is 0.218. The van der Waals surface area contributed by atoms with E-state index in [-0.39, 0.29) is 12.0 Å². The van der Waals surface area contributed by atoms with Crippen molar-refractivity contribution in [3.05, 3.63) is 30.2 Å². The van der Waals surface area contributed by atoms with E-state index < -0.39 is 0 Å². The highest BCUT2D eigenvalue weighted by Crippen LogP contribution is 2.30. The van der Waals surface area contributed by atoms with Crippen molar-refractivity contribution in [3.63, 3.8) is 0 Å². The van der Waals surface area contributed by atoms with Crippen molar-refractivity contribution in [2.45, 2.75) is 26.8 Å². The molecule has 0 unspecified atom stereocenters. The molecule has 25 heavy (non-hydrogen) atoms. The molecule has 3 N–H and O–H groups in total. The molecule has 8 heteroatoms. The molecule has 4 heterocycles. The van der Waals surface area contributed by atoms with Gasteiger partial charge in [-0.15, -0.1) is 5.10 Å². The number of imidazole rings is 1. The third-order valence-electron chi connectivity index (χ3n) is 4.27. The second-order valence-corrected chi connectivity index (χ2v) is 6.25. The first-order chi connectivity index (χ1) is 12.0. The van der Waals surface area contributed by atoms with E-state index in [1.54, 1.807) is 4.52 Å². The van der Waals surface area contributed by atoms with E-state index in [1.165, 1.54) is 0 Å². The van der Waals surface area contributed by atoms with Crippen LogP contribution >= 0.6 is 0 Å². The number of nitrogen functional groups attached to an aromatic ring is 1. The standard InChI is InChI=1S/C17H20N8/c1-9(2)25-10(3)20-13-6-5-12(21-16(13)25)11-7-8-24-14(11)15(19-4)22-17(18)23-24/h5-9H,1-4H3,(H3,18,19,22,23). The number of hydrogen-bond donors (Lipinski definition) is 2. The monoisotopic (exact) mass is 336 g/mol. The van der Waals surface area contributed by atoms with E-state index in [4.69, 9.17) is 10.7 Å². The average Bonchev–Trinajstić information content (AvgIpc) is 3.13. The fourth-order valence-electron chi connectivity index (χ4n) is 3.28. The molecule has 128 valence electrons. The molecule has 4 aromatic heterocycles. The van der Waals surface area contributed by atoms with Crippen molar-refractivity contribution in [1.82, 2.24) is 29.1 Å². The smallest absolute Gasteiger partial charge is 0.240 e. The molecule has 8 nitrogen and oxygen atoms in total. The van der Waals surface area contributed by atoms with Gasteiger partial charge in [0.05, 0.1) is 5.69 Å². The summed E-state index contributed by atoms with van der Waals surface area (Å²) >= 11 is 0. The fraction of sp³-hybridized carbons (Fsp3) is 0.294. The fourth-order valence-corrected chi connectivity index (χ4v) is 3.28. The van der Waals surface area contributed by atoms with Gasteiger partial charge in [0.15, 0.2) is 11.5 Å². The lowest BCUT2D eigenvalue weighted by Crippen LogP contribution is -2.06. The predicted octanol–water partition coefficient (Wildman–Crippen LogP) is 2.65. The number of nitrogens with two attached hydrogens (primary N) is 1. The van der Waals surface area contributed by atoms with Crippen LogP contribution in [0.25, 0.3) is 27.9 Å². The molecule has 0 bridgehead atoms. The number of pyridine rings is 1. The van der Waals surface area contributed by atoms with Gasteiger partial charge in [-0.3, -0.25) is 0 Å². The highest BCUT2D eigenvalue weighted by atomic mass is 15.3. The van der Waals surface area contributed by atoms with E-state index in [2.05, 4.69) is 38.8 Å². The molecule has 0 saturated carbocycles. The molecule has 0 aliphatic rings.